The number of carbonyl (C=O) groups excluding carboxylic acids is 1. The molecule has 0 heterocycles. The van der Waals surface area contributed by atoms with E-state index in [4.69, 9.17) is 0 Å². The number of hydrogen-bond acceptors (Lipinski definition) is 1. The van der Waals surface area contributed by atoms with E-state index in [0.29, 0.717) is 11.7 Å². The molecule has 0 aromatic rings. The maximum Gasteiger partial charge on any atom is 0.135 e. The molecule has 1 heteroatoms. The largest absolute Gasteiger partial charge is 0.299 e. The fourth-order valence-electron chi connectivity index (χ4n) is 2.03. The standard InChI is InChI=1S/C14H28O/c1-4-7-8-9-10-11-12-14(15)13(5-2)6-3/h13H,4-12H2,1-3H3. The average molecular weight is 212 g/mol. The number of hydrogen-bond donors (Lipinski definition) is 0. The number of unbranched alkanes of at least 4 members (excludes halogenated alkanes) is 5. The second-order valence-corrected chi connectivity index (χ2v) is 4.50. The molecular weight excluding hydrogens is 184 g/mol. The van der Waals surface area contributed by atoms with E-state index in [9.17, 15) is 4.79 Å². The quantitative estimate of drug-likeness (QED) is 0.478. The van der Waals surface area contributed by atoms with Crippen molar-refractivity contribution in [1.29, 1.82) is 0 Å². The van der Waals surface area contributed by atoms with Crippen molar-refractivity contribution >= 4 is 5.78 Å². The van der Waals surface area contributed by atoms with E-state index in [2.05, 4.69) is 20.8 Å². The van der Waals surface area contributed by atoms with Crippen LogP contribution in [0.4, 0.5) is 0 Å². The Morgan fingerprint density at radius 2 is 1.40 bits per heavy atom. The Labute approximate surface area is 95.6 Å². The zero-order chi connectivity index (χ0) is 11.5. The second-order valence-electron chi connectivity index (χ2n) is 4.50. The Balaban J connectivity index is 3.38. The van der Waals surface area contributed by atoms with Gasteiger partial charge >= 0.3 is 0 Å². The first-order chi connectivity index (χ1) is 7.26. The van der Waals surface area contributed by atoms with E-state index < -0.39 is 0 Å². The van der Waals surface area contributed by atoms with Crippen LogP contribution in [-0.4, -0.2) is 5.78 Å². The molecule has 0 amide bonds. The summed E-state index contributed by atoms with van der Waals surface area (Å²) in [7, 11) is 0. The second kappa shape index (κ2) is 10.2. The molecule has 0 aliphatic heterocycles. The minimum absolute atomic E-state index is 0.334. The van der Waals surface area contributed by atoms with E-state index in [-0.39, 0.29) is 0 Å². The van der Waals surface area contributed by atoms with Crippen molar-refractivity contribution in [3.8, 4) is 0 Å². The lowest BCUT2D eigenvalue weighted by Crippen LogP contribution is -2.12. The highest BCUT2D eigenvalue weighted by Gasteiger charge is 2.12. The Morgan fingerprint density at radius 1 is 0.867 bits per heavy atom. The van der Waals surface area contributed by atoms with Gasteiger partial charge in [0.25, 0.3) is 0 Å². The summed E-state index contributed by atoms with van der Waals surface area (Å²) in [6.45, 7) is 6.47. The lowest BCUT2D eigenvalue weighted by molar-refractivity contribution is -0.123. The number of carbonyl (C=O) groups is 1. The zero-order valence-electron chi connectivity index (χ0n) is 10.8. The van der Waals surface area contributed by atoms with Gasteiger partial charge in [-0.15, -0.1) is 0 Å². The number of Topliss-reactive ketones (excluding diaryl/α,β-unsaturated/α-hetero) is 1. The summed E-state index contributed by atoms with van der Waals surface area (Å²) in [5.74, 6) is 0.830. The van der Waals surface area contributed by atoms with Crippen LogP contribution in [0.3, 0.4) is 0 Å². The minimum Gasteiger partial charge on any atom is -0.299 e. The van der Waals surface area contributed by atoms with Crippen LogP contribution < -0.4 is 0 Å². The van der Waals surface area contributed by atoms with Crippen molar-refractivity contribution in [2.45, 2.75) is 78.6 Å². The molecule has 0 spiro atoms. The van der Waals surface area contributed by atoms with Crippen LogP contribution in [0.15, 0.2) is 0 Å². The van der Waals surface area contributed by atoms with Gasteiger partial charge in [0.05, 0.1) is 0 Å². The molecule has 0 unspecified atom stereocenters. The Bertz CT molecular complexity index is 147. The molecule has 0 radical (unpaired) electrons. The molecule has 15 heavy (non-hydrogen) atoms. The summed E-state index contributed by atoms with van der Waals surface area (Å²) in [6.07, 6.45) is 10.5. The molecule has 0 aliphatic carbocycles. The Hall–Kier alpha value is -0.330. The molecule has 90 valence electrons. The topological polar surface area (TPSA) is 17.1 Å². The smallest absolute Gasteiger partial charge is 0.135 e. The highest BCUT2D eigenvalue weighted by molar-refractivity contribution is 5.80. The molecule has 0 rings (SSSR count). The van der Waals surface area contributed by atoms with Gasteiger partial charge in [-0.2, -0.15) is 0 Å². The van der Waals surface area contributed by atoms with Gasteiger partial charge in [0, 0.05) is 12.3 Å². The van der Waals surface area contributed by atoms with Crippen molar-refractivity contribution in [2.24, 2.45) is 5.92 Å². The maximum atomic E-state index is 11.7. The van der Waals surface area contributed by atoms with Crippen LogP contribution in [0.25, 0.3) is 0 Å². The van der Waals surface area contributed by atoms with Crippen LogP contribution in [0.5, 0.6) is 0 Å². The number of ketones is 1. The summed E-state index contributed by atoms with van der Waals surface area (Å²) in [5, 5.41) is 0. The predicted molar refractivity (Wildman–Crippen MR) is 67.1 cm³/mol. The van der Waals surface area contributed by atoms with Crippen molar-refractivity contribution < 1.29 is 4.79 Å². The van der Waals surface area contributed by atoms with Gasteiger partial charge in [0.2, 0.25) is 0 Å². The van der Waals surface area contributed by atoms with Gasteiger partial charge in [0.1, 0.15) is 5.78 Å². The average Bonchev–Trinajstić information content (AvgIpc) is 2.25. The first-order valence-electron chi connectivity index (χ1n) is 6.78. The van der Waals surface area contributed by atoms with Crippen LogP contribution in [0, 0.1) is 5.92 Å². The van der Waals surface area contributed by atoms with Crippen LogP contribution in [-0.2, 0) is 4.79 Å². The first-order valence-corrected chi connectivity index (χ1v) is 6.78. The summed E-state index contributed by atoms with van der Waals surface area (Å²) in [6, 6.07) is 0. The molecule has 0 aromatic carbocycles. The third-order valence-corrected chi connectivity index (χ3v) is 3.22. The Kier molecular flexibility index (Phi) is 9.97. The minimum atomic E-state index is 0.334. The maximum absolute atomic E-state index is 11.7. The van der Waals surface area contributed by atoms with E-state index in [1.807, 2.05) is 0 Å². The third-order valence-electron chi connectivity index (χ3n) is 3.22. The molecule has 0 bridgehead atoms. The van der Waals surface area contributed by atoms with Crippen molar-refractivity contribution in [3.63, 3.8) is 0 Å². The summed E-state index contributed by atoms with van der Waals surface area (Å²) < 4.78 is 0. The van der Waals surface area contributed by atoms with Crippen molar-refractivity contribution in [3.05, 3.63) is 0 Å². The summed E-state index contributed by atoms with van der Waals surface area (Å²) >= 11 is 0. The SMILES string of the molecule is CCCCCCCCC(=O)C(CC)CC. The molecule has 0 fully saturated rings. The predicted octanol–water partition coefficient (Wildman–Crippen LogP) is 4.74. The molecule has 1 nitrogen and oxygen atoms in total. The molecule has 0 saturated carbocycles. The molecule has 0 atom stereocenters. The van der Waals surface area contributed by atoms with Gasteiger partial charge in [-0.1, -0.05) is 52.9 Å². The first kappa shape index (κ1) is 14.7. The molecule has 0 saturated heterocycles. The van der Waals surface area contributed by atoms with Gasteiger partial charge in [-0.25, -0.2) is 0 Å². The van der Waals surface area contributed by atoms with E-state index in [1.54, 1.807) is 0 Å². The lowest BCUT2D eigenvalue weighted by atomic mass is 9.94. The molecule has 0 aliphatic rings. The lowest BCUT2D eigenvalue weighted by Gasteiger charge is -2.10. The molecule has 0 aromatic heterocycles. The van der Waals surface area contributed by atoms with Crippen LogP contribution in [0.1, 0.15) is 78.6 Å². The van der Waals surface area contributed by atoms with Gasteiger partial charge in [0.15, 0.2) is 0 Å². The molecule has 0 N–H and O–H groups in total. The van der Waals surface area contributed by atoms with Gasteiger partial charge < -0.3 is 0 Å². The highest BCUT2D eigenvalue weighted by atomic mass is 16.1. The molecular formula is C14H28O. The normalized spacial score (nSPS) is 10.9. The van der Waals surface area contributed by atoms with Crippen LogP contribution >= 0.6 is 0 Å². The van der Waals surface area contributed by atoms with Crippen molar-refractivity contribution in [1.82, 2.24) is 0 Å². The fraction of sp³-hybridized carbons (Fsp3) is 0.929. The van der Waals surface area contributed by atoms with Crippen LogP contribution in [0.2, 0.25) is 0 Å². The monoisotopic (exact) mass is 212 g/mol. The van der Waals surface area contributed by atoms with Gasteiger partial charge in [-0.05, 0) is 19.3 Å². The summed E-state index contributed by atoms with van der Waals surface area (Å²) in [5.41, 5.74) is 0. The van der Waals surface area contributed by atoms with E-state index in [0.717, 1.165) is 25.7 Å². The Morgan fingerprint density at radius 3 is 1.93 bits per heavy atom. The van der Waals surface area contributed by atoms with E-state index in [1.165, 1.54) is 32.1 Å². The highest BCUT2D eigenvalue weighted by Crippen LogP contribution is 2.14. The zero-order valence-corrected chi connectivity index (χ0v) is 10.8. The third kappa shape index (κ3) is 7.58. The fourth-order valence-corrected chi connectivity index (χ4v) is 2.03. The summed E-state index contributed by atoms with van der Waals surface area (Å²) in [4.78, 5) is 11.7. The van der Waals surface area contributed by atoms with Gasteiger partial charge in [-0.3, -0.25) is 4.79 Å². The van der Waals surface area contributed by atoms with Crippen molar-refractivity contribution in [2.75, 3.05) is 0 Å². The number of rotatable bonds is 10. The van der Waals surface area contributed by atoms with E-state index >= 15 is 0 Å².